The zero-order valence-electron chi connectivity index (χ0n) is 8.45. The first-order valence-corrected chi connectivity index (χ1v) is 5.40. The third-order valence-corrected chi connectivity index (χ3v) is 3.37. The maximum Gasteiger partial charge on any atom is 0.0840 e. The molecule has 0 radical (unpaired) electrons. The predicted octanol–water partition coefficient (Wildman–Crippen LogP) is 3.68. The van der Waals surface area contributed by atoms with Crippen molar-refractivity contribution in [2.75, 3.05) is 0 Å². The molecule has 0 amide bonds. The Morgan fingerprint density at radius 1 is 1.43 bits per heavy atom. The second-order valence-electron chi connectivity index (χ2n) is 3.77. The average Bonchev–Trinajstić information content (AvgIpc) is 2.44. The van der Waals surface area contributed by atoms with Crippen molar-refractivity contribution in [3.63, 3.8) is 0 Å². The van der Waals surface area contributed by atoms with E-state index in [1.54, 1.807) is 11.5 Å². The van der Waals surface area contributed by atoms with Crippen LogP contribution >= 0.6 is 11.5 Å². The van der Waals surface area contributed by atoms with Crippen LogP contribution in [-0.4, -0.2) is 4.37 Å². The Bertz CT molecular complexity index is 426. The molecule has 0 aromatic carbocycles. The van der Waals surface area contributed by atoms with Crippen LogP contribution in [0.4, 0.5) is 0 Å². The van der Waals surface area contributed by atoms with Crippen LogP contribution in [0, 0.1) is 12.3 Å². The van der Waals surface area contributed by atoms with Crippen molar-refractivity contribution in [1.82, 2.24) is 4.37 Å². The minimum atomic E-state index is -0.0369. The monoisotopic (exact) mass is 203 g/mol. The van der Waals surface area contributed by atoms with Crippen molar-refractivity contribution in [2.45, 2.75) is 13.8 Å². The minimum absolute atomic E-state index is 0.0369. The van der Waals surface area contributed by atoms with Gasteiger partial charge in [-0.1, -0.05) is 24.3 Å². The van der Waals surface area contributed by atoms with Crippen molar-refractivity contribution in [1.29, 1.82) is 0 Å². The number of fused-ring (bicyclic) bond motifs is 1. The van der Waals surface area contributed by atoms with Crippen LogP contribution in [0.5, 0.6) is 0 Å². The fraction of sp³-hybridized carbons (Fsp3) is 0.250. The molecule has 2 heteroatoms. The first-order valence-electron chi connectivity index (χ1n) is 4.63. The number of nitrogens with zero attached hydrogens (tertiary/aromatic N) is 1. The molecule has 1 atom stereocenters. The highest BCUT2D eigenvalue weighted by molar-refractivity contribution is 7.06. The zero-order chi connectivity index (χ0) is 10.2. The van der Waals surface area contributed by atoms with Crippen molar-refractivity contribution in [2.24, 2.45) is 5.41 Å². The first kappa shape index (κ1) is 9.41. The summed E-state index contributed by atoms with van der Waals surface area (Å²) in [7, 11) is 0. The second kappa shape index (κ2) is 3.21. The quantitative estimate of drug-likeness (QED) is 0.634. The van der Waals surface area contributed by atoms with E-state index in [4.69, 9.17) is 0 Å². The number of rotatable bonds is 1. The van der Waals surface area contributed by atoms with Gasteiger partial charge in [0.25, 0.3) is 0 Å². The van der Waals surface area contributed by atoms with Gasteiger partial charge >= 0.3 is 0 Å². The number of aromatic nitrogens is 1. The third kappa shape index (κ3) is 1.46. The molecule has 1 unspecified atom stereocenters. The zero-order valence-corrected chi connectivity index (χ0v) is 9.27. The molecule has 0 bridgehead atoms. The largest absolute Gasteiger partial charge is 0.192 e. The van der Waals surface area contributed by atoms with Crippen LogP contribution < -0.4 is 0 Å². The summed E-state index contributed by atoms with van der Waals surface area (Å²) in [6, 6.07) is 0. The summed E-state index contributed by atoms with van der Waals surface area (Å²) in [6.45, 7) is 8.09. The summed E-state index contributed by atoms with van der Waals surface area (Å²) in [5.41, 5.74) is 2.29. The molecule has 2 rings (SSSR count). The summed E-state index contributed by atoms with van der Waals surface area (Å²) in [5.74, 6) is 0. The van der Waals surface area contributed by atoms with Crippen LogP contribution in [0.2, 0.25) is 0 Å². The fourth-order valence-electron chi connectivity index (χ4n) is 1.43. The van der Waals surface area contributed by atoms with Gasteiger partial charge in [-0.3, -0.25) is 0 Å². The maximum absolute atomic E-state index is 4.39. The molecule has 1 aliphatic carbocycles. The number of hydrogen-bond donors (Lipinski definition) is 0. The van der Waals surface area contributed by atoms with Crippen LogP contribution in [0.15, 0.2) is 24.8 Å². The summed E-state index contributed by atoms with van der Waals surface area (Å²) in [6.07, 6.45) is 10.5. The summed E-state index contributed by atoms with van der Waals surface area (Å²) in [5, 5.41) is 0. The molecule has 1 aliphatic rings. The topological polar surface area (TPSA) is 12.9 Å². The fourth-order valence-corrected chi connectivity index (χ4v) is 2.10. The molecule has 1 aromatic heterocycles. The molecule has 0 aliphatic heterocycles. The van der Waals surface area contributed by atoms with Gasteiger partial charge in [-0.25, -0.2) is 0 Å². The van der Waals surface area contributed by atoms with Crippen LogP contribution in [0.25, 0.3) is 12.2 Å². The smallest absolute Gasteiger partial charge is 0.0840 e. The lowest BCUT2D eigenvalue weighted by Gasteiger charge is -2.14. The molecule has 1 nitrogen and oxygen atoms in total. The van der Waals surface area contributed by atoms with Gasteiger partial charge in [0.2, 0.25) is 0 Å². The van der Waals surface area contributed by atoms with E-state index in [1.165, 1.54) is 10.4 Å². The van der Waals surface area contributed by atoms with E-state index in [0.717, 1.165) is 5.69 Å². The predicted molar refractivity (Wildman–Crippen MR) is 63.2 cm³/mol. The van der Waals surface area contributed by atoms with E-state index in [-0.39, 0.29) is 5.41 Å². The van der Waals surface area contributed by atoms with Crippen LogP contribution in [0.1, 0.15) is 23.1 Å². The van der Waals surface area contributed by atoms with E-state index in [1.807, 2.05) is 6.08 Å². The van der Waals surface area contributed by atoms with Gasteiger partial charge in [-0.2, -0.15) is 4.37 Å². The first-order chi connectivity index (χ1) is 6.64. The van der Waals surface area contributed by atoms with Gasteiger partial charge in [-0.15, -0.1) is 6.58 Å². The van der Waals surface area contributed by atoms with Gasteiger partial charge in [-0.05, 0) is 31.5 Å². The molecule has 1 heterocycles. The van der Waals surface area contributed by atoms with Gasteiger partial charge in [0.1, 0.15) is 0 Å². The molecule has 0 spiro atoms. The van der Waals surface area contributed by atoms with Crippen molar-refractivity contribution in [3.8, 4) is 0 Å². The Morgan fingerprint density at radius 3 is 2.86 bits per heavy atom. The minimum Gasteiger partial charge on any atom is -0.192 e. The molecular weight excluding hydrogens is 190 g/mol. The van der Waals surface area contributed by atoms with E-state index in [0.29, 0.717) is 0 Å². The third-order valence-electron chi connectivity index (χ3n) is 2.59. The summed E-state index contributed by atoms with van der Waals surface area (Å²) in [4.78, 5) is 1.27. The molecule has 14 heavy (non-hydrogen) atoms. The Labute approximate surface area is 88.6 Å². The van der Waals surface area contributed by atoms with Crippen molar-refractivity contribution < 1.29 is 0 Å². The van der Waals surface area contributed by atoms with Gasteiger partial charge in [0, 0.05) is 15.9 Å². The highest BCUT2D eigenvalue weighted by atomic mass is 32.1. The van der Waals surface area contributed by atoms with Crippen LogP contribution in [0.3, 0.4) is 0 Å². The SMILES string of the molecule is C=CC1(C)C=Cc2nsc(C)c2C=C1. The normalized spacial score (nSPS) is 24.4. The number of allylic oxidation sites excluding steroid dienone is 3. The molecule has 1 aromatic rings. The van der Waals surface area contributed by atoms with E-state index >= 15 is 0 Å². The summed E-state index contributed by atoms with van der Waals surface area (Å²) >= 11 is 1.56. The number of aryl methyl sites for hydroxylation is 1. The Morgan fingerprint density at radius 2 is 2.14 bits per heavy atom. The summed E-state index contributed by atoms with van der Waals surface area (Å²) < 4.78 is 4.39. The molecular formula is C12H13NS. The van der Waals surface area contributed by atoms with E-state index < -0.39 is 0 Å². The van der Waals surface area contributed by atoms with E-state index in [2.05, 4.69) is 49.1 Å². The van der Waals surface area contributed by atoms with E-state index in [9.17, 15) is 0 Å². The van der Waals surface area contributed by atoms with Crippen molar-refractivity contribution in [3.05, 3.63) is 40.9 Å². The van der Waals surface area contributed by atoms with Crippen LogP contribution in [-0.2, 0) is 0 Å². The van der Waals surface area contributed by atoms with Crippen molar-refractivity contribution >= 4 is 23.7 Å². The average molecular weight is 203 g/mol. The lowest BCUT2D eigenvalue weighted by atomic mass is 9.90. The lowest BCUT2D eigenvalue weighted by molar-refractivity contribution is 0.728. The van der Waals surface area contributed by atoms with Gasteiger partial charge < -0.3 is 0 Å². The number of hydrogen-bond acceptors (Lipinski definition) is 2. The molecule has 0 fully saturated rings. The molecule has 0 saturated heterocycles. The Balaban J connectivity index is 2.53. The molecule has 0 saturated carbocycles. The second-order valence-corrected chi connectivity index (χ2v) is 4.75. The lowest BCUT2D eigenvalue weighted by Crippen LogP contribution is -2.02. The highest BCUT2D eigenvalue weighted by Crippen LogP contribution is 2.31. The Kier molecular flexibility index (Phi) is 2.16. The maximum atomic E-state index is 4.39. The van der Waals surface area contributed by atoms with Gasteiger partial charge in [0.15, 0.2) is 0 Å². The Hall–Kier alpha value is -1.15. The highest BCUT2D eigenvalue weighted by Gasteiger charge is 2.16. The molecule has 0 N–H and O–H groups in total. The van der Waals surface area contributed by atoms with Gasteiger partial charge in [0.05, 0.1) is 5.69 Å². The molecule has 72 valence electrons. The standard InChI is InChI=1S/C12H13NS/c1-4-12(3)7-5-10-9(2)14-13-11(10)6-8-12/h4-8H,1H2,2-3H3.